The molecule has 21 heavy (non-hydrogen) atoms. The molecule has 2 aromatic rings. The lowest BCUT2D eigenvalue weighted by Crippen LogP contribution is -1.96. The highest BCUT2D eigenvalue weighted by Gasteiger charge is 2.10. The number of cyclic esters (lactones) is 2. The van der Waals surface area contributed by atoms with Gasteiger partial charge in [0.1, 0.15) is 0 Å². The summed E-state index contributed by atoms with van der Waals surface area (Å²) >= 11 is 0. The lowest BCUT2D eigenvalue weighted by Gasteiger charge is -1.92. The second-order valence-corrected chi connectivity index (χ2v) is 4.23. The monoisotopic (exact) mass is 278 g/mol. The van der Waals surface area contributed by atoms with Crippen LogP contribution in [0.1, 0.15) is 11.1 Å². The van der Waals surface area contributed by atoms with Crippen LogP contribution in [0, 0.1) is 0 Å². The highest BCUT2D eigenvalue weighted by molar-refractivity contribution is 6.04. The molecule has 0 aliphatic carbocycles. The van der Waals surface area contributed by atoms with E-state index in [0.717, 1.165) is 12.2 Å². The number of hydrogen-bond donors (Lipinski definition) is 0. The summed E-state index contributed by atoms with van der Waals surface area (Å²) in [5, 5.41) is 0. The molecule has 104 valence electrons. The molecule has 3 heteroatoms. The maximum absolute atomic E-state index is 9.92. The highest BCUT2D eigenvalue weighted by Crippen LogP contribution is 2.06. The van der Waals surface area contributed by atoms with Gasteiger partial charge < -0.3 is 4.74 Å². The Bertz CT molecular complexity index is 598. The van der Waals surface area contributed by atoms with Gasteiger partial charge in [0, 0.05) is 12.2 Å². The number of esters is 2. The minimum absolute atomic E-state index is 0.579. The number of hydrogen-bond acceptors (Lipinski definition) is 3. The fourth-order valence-electron chi connectivity index (χ4n) is 1.62. The van der Waals surface area contributed by atoms with Crippen LogP contribution in [0.2, 0.25) is 0 Å². The average molecular weight is 278 g/mol. The van der Waals surface area contributed by atoms with Crippen molar-refractivity contribution in [1.29, 1.82) is 0 Å². The van der Waals surface area contributed by atoms with Crippen LogP contribution in [-0.2, 0) is 14.3 Å². The van der Waals surface area contributed by atoms with Gasteiger partial charge in [-0.1, -0.05) is 72.8 Å². The molecule has 1 heterocycles. The van der Waals surface area contributed by atoms with Crippen molar-refractivity contribution in [3.8, 4) is 0 Å². The Hall–Kier alpha value is -2.94. The number of carbonyl (C=O) groups is 2. The molecule has 0 bridgehead atoms. The Balaban J connectivity index is 0.000000194. The molecular weight excluding hydrogens is 264 g/mol. The van der Waals surface area contributed by atoms with E-state index in [1.54, 1.807) is 0 Å². The molecule has 0 spiro atoms. The first-order chi connectivity index (χ1) is 10.2. The van der Waals surface area contributed by atoms with Gasteiger partial charge in [-0.15, -0.1) is 0 Å². The van der Waals surface area contributed by atoms with Crippen molar-refractivity contribution < 1.29 is 14.3 Å². The Morgan fingerprint density at radius 3 is 1.29 bits per heavy atom. The van der Waals surface area contributed by atoms with E-state index in [2.05, 4.69) is 41.2 Å². The van der Waals surface area contributed by atoms with E-state index in [1.165, 1.54) is 11.1 Å². The maximum Gasteiger partial charge on any atom is 0.338 e. The summed E-state index contributed by atoms with van der Waals surface area (Å²) in [6, 6.07) is 20.6. The van der Waals surface area contributed by atoms with Gasteiger partial charge in [0.05, 0.1) is 0 Å². The molecule has 1 aliphatic rings. The third-order valence-electron chi connectivity index (χ3n) is 2.62. The minimum Gasteiger partial charge on any atom is -0.387 e. The predicted molar refractivity (Wildman–Crippen MR) is 82.1 cm³/mol. The standard InChI is InChI=1S/C14H12.C4H2O3/c1-3-7-13(8-4-1)11-12-14-9-5-2-6-10-14;5-3-1-2-4(6)7-3/h1-12H;1-2H. The van der Waals surface area contributed by atoms with Crippen LogP contribution in [0.4, 0.5) is 0 Å². The number of carbonyl (C=O) groups excluding carboxylic acids is 2. The first-order valence-electron chi connectivity index (χ1n) is 6.46. The molecule has 0 unspecified atom stereocenters. The van der Waals surface area contributed by atoms with Crippen molar-refractivity contribution in [3.63, 3.8) is 0 Å². The quantitative estimate of drug-likeness (QED) is 0.480. The fourth-order valence-corrected chi connectivity index (χ4v) is 1.62. The summed E-state index contributed by atoms with van der Waals surface area (Å²) < 4.78 is 3.97. The molecule has 0 aromatic heterocycles. The average Bonchev–Trinajstić information content (AvgIpc) is 2.91. The summed E-state index contributed by atoms with van der Waals surface area (Å²) in [6.07, 6.45) is 6.41. The molecule has 0 amide bonds. The lowest BCUT2D eigenvalue weighted by atomic mass is 10.1. The lowest BCUT2D eigenvalue weighted by molar-refractivity contribution is -0.150. The summed E-state index contributed by atoms with van der Waals surface area (Å²) in [7, 11) is 0. The maximum atomic E-state index is 9.92. The van der Waals surface area contributed by atoms with Crippen LogP contribution >= 0.6 is 0 Å². The molecular formula is C18H14O3. The zero-order chi connectivity index (χ0) is 14.9. The number of benzene rings is 2. The summed E-state index contributed by atoms with van der Waals surface area (Å²) in [4.78, 5) is 19.8. The molecule has 3 rings (SSSR count). The van der Waals surface area contributed by atoms with E-state index in [1.807, 2.05) is 36.4 Å². The van der Waals surface area contributed by atoms with Gasteiger partial charge in [0.2, 0.25) is 0 Å². The molecule has 1 aliphatic heterocycles. The van der Waals surface area contributed by atoms with Crippen LogP contribution in [0.15, 0.2) is 72.8 Å². The van der Waals surface area contributed by atoms with E-state index in [9.17, 15) is 9.59 Å². The van der Waals surface area contributed by atoms with Crippen LogP contribution in [0.25, 0.3) is 12.2 Å². The molecule has 0 fully saturated rings. The SMILES string of the molecule is C(=Cc1ccccc1)c1ccccc1.O=C1C=CC(=O)O1. The van der Waals surface area contributed by atoms with Gasteiger partial charge in [-0.2, -0.15) is 0 Å². The normalized spacial score (nSPS) is 13.0. The van der Waals surface area contributed by atoms with E-state index in [0.29, 0.717) is 0 Å². The summed E-state index contributed by atoms with van der Waals surface area (Å²) in [5.41, 5.74) is 2.47. The van der Waals surface area contributed by atoms with Crippen molar-refractivity contribution in [2.24, 2.45) is 0 Å². The van der Waals surface area contributed by atoms with Gasteiger partial charge in [-0.3, -0.25) is 0 Å². The van der Waals surface area contributed by atoms with Gasteiger partial charge >= 0.3 is 11.9 Å². The Morgan fingerprint density at radius 1 is 0.619 bits per heavy atom. The molecule has 0 saturated heterocycles. The minimum atomic E-state index is -0.579. The molecule has 2 aromatic carbocycles. The number of rotatable bonds is 2. The van der Waals surface area contributed by atoms with Crippen molar-refractivity contribution in [2.45, 2.75) is 0 Å². The van der Waals surface area contributed by atoms with Crippen LogP contribution in [0.3, 0.4) is 0 Å². The molecule has 0 radical (unpaired) electrons. The number of ether oxygens (including phenoxy) is 1. The van der Waals surface area contributed by atoms with Crippen molar-refractivity contribution in [2.75, 3.05) is 0 Å². The molecule has 0 N–H and O–H groups in total. The summed E-state index contributed by atoms with van der Waals surface area (Å²) in [5.74, 6) is -1.16. The predicted octanol–water partition coefficient (Wildman–Crippen LogP) is 3.48. The Morgan fingerprint density at radius 2 is 1.00 bits per heavy atom. The first-order valence-corrected chi connectivity index (χ1v) is 6.46. The third kappa shape index (κ3) is 5.28. The molecule has 3 nitrogen and oxygen atoms in total. The summed E-state index contributed by atoms with van der Waals surface area (Å²) in [6.45, 7) is 0. The van der Waals surface area contributed by atoms with E-state index in [-0.39, 0.29) is 0 Å². The topological polar surface area (TPSA) is 43.4 Å². The Kier molecular flexibility index (Phi) is 5.24. The second-order valence-electron chi connectivity index (χ2n) is 4.23. The van der Waals surface area contributed by atoms with Gasteiger partial charge in [0.25, 0.3) is 0 Å². The van der Waals surface area contributed by atoms with Crippen molar-refractivity contribution in [1.82, 2.24) is 0 Å². The molecule has 0 saturated carbocycles. The van der Waals surface area contributed by atoms with Gasteiger partial charge in [0.15, 0.2) is 0 Å². The van der Waals surface area contributed by atoms with E-state index >= 15 is 0 Å². The highest BCUT2D eigenvalue weighted by atomic mass is 16.6. The largest absolute Gasteiger partial charge is 0.387 e. The smallest absolute Gasteiger partial charge is 0.338 e. The zero-order valence-corrected chi connectivity index (χ0v) is 11.3. The second kappa shape index (κ2) is 7.60. The van der Waals surface area contributed by atoms with Crippen molar-refractivity contribution in [3.05, 3.63) is 83.9 Å². The van der Waals surface area contributed by atoms with Crippen LogP contribution < -0.4 is 0 Å². The first kappa shape index (κ1) is 14.5. The zero-order valence-electron chi connectivity index (χ0n) is 11.3. The van der Waals surface area contributed by atoms with Crippen molar-refractivity contribution >= 4 is 24.1 Å². The van der Waals surface area contributed by atoms with Gasteiger partial charge in [-0.05, 0) is 11.1 Å². The van der Waals surface area contributed by atoms with Crippen LogP contribution in [-0.4, -0.2) is 11.9 Å². The fraction of sp³-hybridized carbons (Fsp3) is 0. The van der Waals surface area contributed by atoms with E-state index < -0.39 is 11.9 Å². The Labute approximate surface area is 123 Å². The van der Waals surface area contributed by atoms with Gasteiger partial charge in [-0.25, -0.2) is 9.59 Å². The molecule has 0 atom stereocenters. The van der Waals surface area contributed by atoms with E-state index in [4.69, 9.17) is 0 Å². The van der Waals surface area contributed by atoms with Crippen LogP contribution in [0.5, 0.6) is 0 Å². The third-order valence-corrected chi connectivity index (χ3v) is 2.62.